The zero-order valence-electron chi connectivity index (χ0n) is 15.0. The molecule has 10 heteroatoms. The van der Waals surface area contributed by atoms with Gasteiger partial charge in [-0.25, -0.2) is 0 Å². The van der Waals surface area contributed by atoms with Crippen LogP contribution in [0.3, 0.4) is 0 Å². The van der Waals surface area contributed by atoms with E-state index in [2.05, 4.69) is 22.3 Å². The first-order valence-electron chi connectivity index (χ1n) is 6.82. The Morgan fingerprint density at radius 2 is 1.16 bits per heavy atom. The second-order valence-electron chi connectivity index (χ2n) is 3.85. The van der Waals surface area contributed by atoms with Crippen LogP contribution in [0.4, 0.5) is 0 Å². The third-order valence-electron chi connectivity index (χ3n) is 2.26. The SMILES string of the molecule is C/C(N=O)=C(\C)NO.C/C(N=O)=C(\C)NO.[CH2-]C.[Co].c1ccncc1. The smallest absolute Gasteiger partial charge is 0.103 e. The first-order chi connectivity index (χ1) is 11.4. The molecule has 0 spiro atoms. The molecule has 0 unspecified atom stereocenters. The van der Waals surface area contributed by atoms with Crippen molar-refractivity contribution in [1.29, 1.82) is 0 Å². The van der Waals surface area contributed by atoms with E-state index in [4.69, 9.17) is 10.4 Å². The summed E-state index contributed by atoms with van der Waals surface area (Å²) >= 11 is 0. The number of aromatic nitrogens is 1. The molecule has 1 rings (SSSR count). The van der Waals surface area contributed by atoms with E-state index in [9.17, 15) is 9.81 Å². The Hall–Kier alpha value is -2.14. The van der Waals surface area contributed by atoms with Gasteiger partial charge in [0.25, 0.3) is 0 Å². The van der Waals surface area contributed by atoms with Crippen LogP contribution >= 0.6 is 0 Å². The monoisotopic (exact) mass is 399 g/mol. The van der Waals surface area contributed by atoms with Crippen molar-refractivity contribution in [2.24, 2.45) is 10.4 Å². The van der Waals surface area contributed by atoms with Crippen LogP contribution in [0, 0.1) is 16.7 Å². The van der Waals surface area contributed by atoms with E-state index in [-0.39, 0.29) is 28.2 Å². The molecule has 0 aliphatic heterocycles. The molecule has 0 bridgehead atoms. The molecule has 0 saturated heterocycles. The number of allylic oxidation sites excluding steroid dienone is 4. The second-order valence-corrected chi connectivity index (χ2v) is 3.85. The summed E-state index contributed by atoms with van der Waals surface area (Å²) in [5, 5.41) is 21.4. The molecule has 145 valence electrons. The van der Waals surface area contributed by atoms with Crippen LogP contribution < -0.4 is 11.0 Å². The van der Waals surface area contributed by atoms with E-state index in [1.54, 1.807) is 44.1 Å². The van der Waals surface area contributed by atoms with Gasteiger partial charge >= 0.3 is 0 Å². The van der Waals surface area contributed by atoms with Crippen LogP contribution in [0.5, 0.6) is 0 Å². The molecule has 1 radical (unpaired) electrons. The number of nitroso groups, excluding NO2 is 2. The average Bonchev–Trinajstić information content (AvgIpc) is 2.69. The minimum absolute atomic E-state index is 0. The van der Waals surface area contributed by atoms with Crippen molar-refractivity contribution in [3.63, 3.8) is 0 Å². The van der Waals surface area contributed by atoms with E-state index >= 15 is 0 Å². The van der Waals surface area contributed by atoms with E-state index in [1.807, 2.05) is 18.2 Å². The maximum absolute atomic E-state index is 9.65. The molecule has 0 amide bonds. The van der Waals surface area contributed by atoms with Crippen molar-refractivity contribution >= 4 is 0 Å². The van der Waals surface area contributed by atoms with Crippen molar-refractivity contribution in [1.82, 2.24) is 15.9 Å². The Morgan fingerprint density at radius 3 is 1.24 bits per heavy atom. The summed E-state index contributed by atoms with van der Waals surface area (Å²) < 4.78 is 0. The molecule has 0 atom stereocenters. The van der Waals surface area contributed by atoms with Crippen molar-refractivity contribution in [3.05, 3.63) is 70.1 Å². The van der Waals surface area contributed by atoms with Crippen LogP contribution in [-0.4, -0.2) is 15.4 Å². The Kier molecular flexibility index (Phi) is 29.6. The second kappa shape index (κ2) is 24.1. The third-order valence-corrected chi connectivity index (χ3v) is 2.26. The number of hydroxylamine groups is 2. The predicted octanol–water partition coefficient (Wildman–Crippen LogP) is 3.89. The summed E-state index contributed by atoms with van der Waals surface area (Å²) in [6.45, 7) is 11.1. The van der Waals surface area contributed by atoms with Crippen molar-refractivity contribution in [2.75, 3.05) is 0 Å². The quantitative estimate of drug-likeness (QED) is 0.342. The van der Waals surface area contributed by atoms with Gasteiger partial charge in [-0.15, -0.1) is 9.81 Å². The van der Waals surface area contributed by atoms with Crippen LogP contribution in [0.1, 0.15) is 34.6 Å². The molecule has 0 fully saturated rings. The van der Waals surface area contributed by atoms with E-state index in [1.165, 1.54) is 13.8 Å². The summed E-state index contributed by atoms with van der Waals surface area (Å²) in [6, 6.07) is 5.72. The van der Waals surface area contributed by atoms with Crippen LogP contribution in [0.15, 0.2) is 63.7 Å². The van der Waals surface area contributed by atoms with Crippen LogP contribution in [-0.2, 0) is 16.8 Å². The number of nitrogens with one attached hydrogen (secondary N) is 2. The fourth-order valence-electron chi connectivity index (χ4n) is 0.611. The molecule has 1 aromatic heterocycles. The fourth-order valence-corrected chi connectivity index (χ4v) is 0.611. The molecular formula is C15H26CoN5O4-. The number of rotatable bonds is 4. The van der Waals surface area contributed by atoms with Crippen molar-refractivity contribution in [2.45, 2.75) is 34.6 Å². The zero-order valence-corrected chi connectivity index (χ0v) is 16.0. The Bertz CT molecular complexity index is 439. The summed E-state index contributed by atoms with van der Waals surface area (Å²) in [6.07, 6.45) is 3.50. The number of nitrogens with zero attached hydrogens (tertiary/aromatic N) is 3. The van der Waals surface area contributed by atoms with Crippen molar-refractivity contribution < 1.29 is 27.2 Å². The fraction of sp³-hybridized carbons (Fsp3) is 0.333. The molecule has 0 saturated carbocycles. The molecule has 1 heterocycles. The van der Waals surface area contributed by atoms with Crippen molar-refractivity contribution in [3.8, 4) is 0 Å². The Morgan fingerprint density at radius 1 is 0.840 bits per heavy atom. The van der Waals surface area contributed by atoms with E-state index < -0.39 is 0 Å². The van der Waals surface area contributed by atoms with Gasteiger partial charge < -0.3 is 6.92 Å². The third kappa shape index (κ3) is 21.9. The van der Waals surface area contributed by atoms with Crippen LogP contribution in [0.25, 0.3) is 0 Å². The molecule has 25 heavy (non-hydrogen) atoms. The van der Waals surface area contributed by atoms with Gasteiger partial charge in [-0.05, 0) is 50.2 Å². The van der Waals surface area contributed by atoms with E-state index in [0.29, 0.717) is 11.4 Å². The summed E-state index contributed by atoms with van der Waals surface area (Å²) in [5.74, 6) is 0. The largest absolute Gasteiger partial charge is 0.346 e. The molecule has 0 aromatic carbocycles. The first kappa shape index (κ1) is 30.7. The van der Waals surface area contributed by atoms with Gasteiger partial charge in [0.1, 0.15) is 11.4 Å². The normalized spacial score (nSPS) is 10.1. The zero-order chi connectivity index (χ0) is 19.4. The minimum atomic E-state index is 0. The maximum atomic E-state index is 9.65. The van der Waals surface area contributed by atoms with Gasteiger partial charge in [0.2, 0.25) is 0 Å². The number of hydrogen-bond donors (Lipinski definition) is 4. The average molecular weight is 399 g/mol. The minimum Gasteiger partial charge on any atom is -0.346 e. The molecule has 0 aliphatic carbocycles. The summed E-state index contributed by atoms with van der Waals surface area (Å²) in [5.41, 5.74) is 4.87. The predicted molar refractivity (Wildman–Crippen MR) is 93.5 cm³/mol. The molecule has 1 aromatic rings. The standard InChI is InChI=1S/C5H5N.2C4H8N2O2.C2H5.Co/c1-2-4-6-5-3-1;2*1-3(5-7)4(2)6-8;1-2;/h1-5H;2*5,7H,1-2H3;1H2,2H3;/q;;;-1;/b;2*4-3-;;. The molecule has 0 aliphatic rings. The topological polar surface area (TPSA) is 136 Å². The number of hydrogen-bond acceptors (Lipinski definition) is 9. The van der Waals surface area contributed by atoms with Gasteiger partial charge in [-0.2, -0.15) is 6.92 Å². The first-order valence-corrected chi connectivity index (χ1v) is 6.82. The van der Waals surface area contributed by atoms with Gasteiger partial charge in [0.15, 0.2) is 0 Å². The molecule has 9 nitrogen and oxygen atoms in total. The van der Waals surface area contributed by atoms with Gasteiger partial charge in [0.05, 0.1) is 11.4 Å². The molecule has 4 N–H and O–H groups in total. The molecular weight excluding hydrogens is 373 g/mol. The van der Waals surface area contributed by atoms with Gasteiger partial charge in [-0.3, -0.25) is 26.4 Å². The Labute approximate surface area is 158 Å². The van der Waals surface area contributed by atoms with Crippen LogP contribution in [0.2, 0.25) is 0 Å². The summed E-state index contributed by atoms with van der Waals surface area (Å²) in [4.78, 5) is 23.1. The Balaban J connectivity index is -0.000000124. The van der Waals surface area contributed by atoms with Gasteiger partial charge in [-0.1, -0.05) is 6.07 Å². The summed E-state index contributed by atoms with van der Waals surface area (Å²) in [7, 11) is 0. The van der Waals surface area contributed by atoms with E-state index in [0.717, 1.165) is 0 Å². The van der Waals surface area contributed by atoms with Gasteiger partial charge in [0, 0.05) is 29.2 Å². The number of pyridine rings is 1. The maximum Gasteiger partial charge on any atom is 0.103 e.